The van der Waals surface area contributed by atoms with Gasteiger partial charge in [-0.2, -0.15) is 12.7 Å². The highest BCUT2D eigenvalue weighted by Crippen LogP contribution is 2.30. The highest BCUT2D eigenvalue weighted by atomic mass is 32.2. The van der Waals surface area contributed by atoms with E-state index in [0.29, 0.717) is 24.3 Å². The second-order valence-corrected chi connectivity index (χ2v) is 11.5. The Bertz CT molecular complexity index is 1290. The molecular weight excluding hydrogens is 526 g/mol. The number of carbonyl (C=O) groups is 1. The van der Waals surface area contributed by atoms with Crippen LogP contribution in [0.4, 0.5) is 4.79 Å². The first-order valence-electron chi connectivity index (χ1n) is 11.6. The topological polar surface area (TPSA) is 155 Å². The molecule has 1 saturated heterocycles. The van der Waals surface area contributed by atoms with E-state index >= 15 is 0 Å². The minimum absolute atomic E-state index is 0.00976. The van der Waals surface area contributed by atoms with E-state index in [0.717, 1.165) is 4.31 Å². The molecule has 2 aromatic carbocycles. The van der Waals surface area contributed by atoms with Gasteiger partial charge in [0, 0.05) is 38.7 Å². The maximum Gasteiger partial charge on any atom is 0.409 e. The normalized spacial score (nSPS) is 14.8. The van der Waals surface area contributed by atoms with Crippen molar-refractivity contribution in [2.45, 2.75) is 30.1 Å². The van der Waals surface area contributed by atoms with Crippen LogP contribution < -0.4 is 14.8 Å². The minimum atomic E-state index is -4.54. The van der Waals surface area contributed by atoms with Crippen LogP contribution in [0.15, 0.2) is 52.3 Å². The molecule has 3 rings (SSSR count). The molecule has 14 heteroatoms. The first-order chi connectivity index (χ1) is 17.6. The van der Waals surface area contributed by atoms with Crippen LogP contribution in [0.5, 0.6) is 11.5 Å². The molecule has 0 radical (unpaired) electrons. The molecule has 1 aliphatic rings. The van der Waals surface area contributed by atoms with E-state index in [1.54, 1.807) is 19.9 Å². The first kappa shape index (κ1) is 28.7. The molecule has 37 heavy (non-hydrogen) atoms. The number of hydrogen-bond acceptors (Lipinski definition) is 10. The summed E-state index contributed by atoms with van der Waals surface area (Å²) in [5, 5.41) is 0. The van der Waals surface area contributed by atoms with Gasteiger partial charge in [0.25, 0.3) is 0 Å². The Kier molecular flexibility index (Phi) is 9.73. The SMILES string of the molecule is CCOC(=O)N1CCN(S(=O)(=O)c2ccccc2S(=O)(=O)Oc2cc(C)cc(OCCCON)c2)CC1. The number of piperazine rings is 1. The molecule has 12 nitrogen and oxygen atoms in total. The number of sulfonamides is 1. The number of carbonyl (C=O) groups excluding carboxylic acids is 1. The zero-order chi connectivity index (χ0) is 27.1. The summed E-state index contributed by atoms with van der Waals surface area (Å²) in [6, 6.07) is 9.85. The van der Waals surface area contributed by atoms with Gasteiger partial charge in [-0.3, -0.25) is 0 Å². The van der Waals surface area contributed by atoms with Gasteiger partial charge in [-0.15, -0.1) is 0 Å². The van der Waals surface area contributed by atoms with Crippen molar-refractivity contribution in [1.29, 1.82) is 0 Å². The number of nitrogens with zero attached hydrogens (tertiary/aromatic N) is 2. The Morgan fingerprint density at radius 3 is 2.24 bits per heavy atom. The van der Waals surface area contributed by atoms with Crippen LogP contribution in [0.1, 0.15) is 18.9 Å². The maximum atomic E-state index is 13.4. The van der Waals surface area contributed by atoms with Crippen molar-refractivity contribution < 1.29 is 40.1 Å². The Hall–Kier alpha value is -2.91. The number of ether oxygens (including phenoxy) is 2. The highest BCUT2D eigenvalue weighted by Gasteiger charge is 2.35. The van der Waals surface area contributed by atoms with Crippen molar-refractivity contribution >= 4 is 26.2 Å². The van der Waals surface area contributed by atoms with E-state index in [9.17, 15) is 21.6 Å². The summed E-state index contributed by atoms with van der Waals surface area (Å²) in [6.45, 7) is 4.43. The number of amides is 1. The zero-order valence-electron chi connectivity index (χ0n) is 20.7. The fraction of sp³-hybridized carbons (Fsp3) is 0.435. The largest absolute Gasteiger partial charge is 0.493 e. The molecule has 1 amide bonds. The molecule has 1 aliphatic heterocycles. The third-order valence-corrected chi connectivity index (χ3v) is 8.80. The van der Waals surface area contributed by atoms with Crippen molar-refractivity contribution in [3.05, 3.63) is 48.0 Å². The number of nitrogens with two attached hydrogens (primary N) is 1. The smallest absolute Gasteiger partial charge is 0.409 e. The lowest BCUT2D eigenvalue weighted by molar-refractivity contribution is 0.0934. The van der Waals surface area contributed by atoms with Crippen molar-refractivity contribution in [2.24, 2.45) is 5.90 Å². The summed E-state index contributed by atoms with van der Waals surface area (Å²) in [7, 11) is -8.76. The summed E-state index contributed by atoms with van der Waals surface area (Å²) in [5.41, 5.74) is 0.679. The average Bonchev–Trinajstić information content (AvgIpc) is 2.86. The third kappa shape index (κ3) is 7.32. The number of rotatable bonds is 11. The molecular formula is C23H31N3O9S2. The predicted molar refractivity (Wildman–Crippen MR) is 133 cm³/mol. The van der Waals surface area contributed by atoms with Crippen molar-refractivity contribution in [2.75, 3.05) is 46.0 Å². The van der Waals surface area contributed by atoms with E-state index in [-0.39, 0.29) is 45.1 Å². The number of benzene rings is 2. The lowest BCUT2D eigenvalue weighted by Gasteiger charge is -2.33. The molecule has 2 aromatic rings. The number of hydrogen-bond donors (Lipinski definition) is 1. The molecule has 204 valence electrons. The van der Waals surface area contributed by atoms with Crippen LogP contribution in [0.25, 0.3) is 0 Å². The highest BCUT2D eigenvalue weighted by molar-refractivity contribution is 7.91. The molecule has 2 N–H and O–H groups in total. The molecule has 1 fully saturated rings. The van der Waals surface area contributed by atoms with Crippen LogP contribution in [-0.4, -0.2) is 78.1 Å². The van der Waals surface area contributed by atoms with E-state index < -0.39 is 36.0 Å². The fourth-order valence-electron chi connectivity index (χ4n) is 3.68. The second kappa shape index (κ2) is 12.6. The monoisotopic (exact) mass is 557 g/mol. The summed E-state index contributed by atoms with van der Waals surface area (Å²) < 4.78 is 70.4. The molecule has 0 unspecified atom stereocenters. The van der Waals surface area contributed by atoms with E-state index in [1.807, 2.05) is 0 Å². The summed E-state index contributed by atoms with van der Waals surface area (Å²) >= 11 is 0. The Morgan fingerprint density at radius 1 is 0.946 bits per heavy atom. The van der Waals surface area contributed by atoms with Gasteiger partial charge in [-0.1, -0.05) is 12.1 Å². The molecule has 0 spiro atoms. The first-order valence-corrected chi connectivity index (χ1v) is 14.4. The molecule has 0 atom stereocenters. The summed E-state index contributed by atoms with van der Waals surface area (Å²) in [4.78, 5) is 16.9. The Morgan fingerprint density at radius 2 is 1.59 bits per heavy atom. The fourth-order valence-corrected chi connectivity index (χ4v) is 6.80. The van der Waals surface area contributed by atoms with Crippen molar-refractivity contribution in [3.63, 3.8) is 0 Å². The third-order valence-electron chi connectivity index (χ3n) is 5.41. The lowest BCUT2D eigenvalue weighted by Crippen LogP contribution is -2.50. The predicted octanol–water partition coefficient (Wildman–Crippen LogP) is 1.88. The van der Waals surface area contributed by atoms with Gasteiger partial charge in [-0.25, -0.2) is 19.1 Å². The van der Waals surface area contributed by atoms with Crippen molar-refractivity contribution in [1.82, 2.24) is 9.21 Å². The Labute approximate surface area is 217 Å². The Balaban J connectivity index is 1.81. The van der Waals surface area contributed by atoms with Crippen molar-refractivity contribution in [3.8, 4) is 11.5 Å². The lowest BCUT2D eigenvalue weighted by atomic mass is 10.2. The van der Waals surface area contributed by atoms with Crippen LogP contribution >= 0.6 is 0 Å². The van der Waals surface area contributed by atoms with Crippen LogP contribution in [0.3, 0.4) is 0 Å². The second-order valence-electron chi connectivity index (χ2n) is 8.13. The quantitative estimate of drug-likeness (QED) is 0.246. The van der Waals surface area contributed by atoms with E-state index in [4.69, 9.17) is 19.6 Å². The summed E-state index contributed by atoms with van der Waals surface area (Å²) in [6.07, 6.45) is 0.00299. The van der Waals surface area contributed by atoms with Gasteiger partial charge in [-0.05, 0) is 43.7 Å². The van der Waals surface area contributed by atoms with Gasteiger partial charge in [0.1, 0.15) is 21.3 Å². The molecule has 0 aromatic heterocycles. The number of aryl methyl sites for hydroxylation is 1. The summed E-state index contributed by atoms with van der Waals surface area (Å²) in [5.74, 6) is 5.34. The van der Waals surface area contributed by atoms with E-state index in [1.165, 1.54) is 41.3 Å². The standard InChI is InChI=1S/C23H31N3O9S2/c1-3-32-23(27)25-9-11-26(12-10-25)36(28,29)21-7-4-5-8-22(21)37(30,31)35-20-16-18(2)15-19(17-20)33-13-6-14-34-24/h4-5,7-8,15-17H,3,6,9-14,24H2,1-2H3. The van der Waals surface area contributed by atoms with Gasteiger partial charge in [0.05, 0.1) is 19.8 Å². The molecule has 1 heterocycles. The molecule has 0 bridgehead atoms. The minimum Gasteiger partial charge on any atom is -0.493 e. The van der Waals surface area contributed by atoms with E-state index in [2.05, 4.69) is 4.84 Å². The van der Waals surface area contributed by atoms with Gasteiger partial charge < -0.3 is 23.4 Å². The zero-order valence-corrected chi connectivity index (χ0v) is 22.3. The maximum absolute atomic E-state index is 13.4. The van der Waals surface area contributed by atoms with Crippen LogP contribution in [-0.2, 0) is 29.7 Å². The van der Waals surface area contributed by atoms with Crippen LogP contribution in [0.2, 0.25) is 0 Å². The van der Waals surface area contributed by atoms with Gasteiger partial charge in [0.2, 0.25) is 10.0 Å². The molecule has 0 aliphatic carbocycles. The molecule has 0 saturated carbocycles. The van der Waals surface area contributed by atoms with Gasteiger partial charge in [0.15, 0.2) is 0 Å². The van der Waals surface area contributed by atoms with Gasteiger partial charge >= 0.3 is 16.2 Å². The van der Waals surface area contributed by atoms with Crippen LogP contribution in [0, 0.1) is 6.92 Å². The average molecular weight is 558 g/mol.